The van der Waals surface area contributed by atoms with Gasteiger partial charge in [-0.3, -0.25) is 4.79 Å². The van der Waals surface area contributed by atoms with Crippen LogP contribution < -0.4 is 4.90 Å². The molecule has 0 spiro atoms. The highest BCUT2D eigenvalue weighted by molar-refractivity contribution is 7.89. The first-order valence-electron chi connectivity index (χ1n) is 11.2. The molecule has 0 bridgehead atoms. The van der Waals surface area contributed by atoms with Crippen molar-refractivity contribution in [2.75, 3.05) is 44.2 Å². The number of amides is 1. The van der Waals surface area contributed by atoms with Crippen LogP contribution in [0.25, 0.3) is 6.08 Å². The number of rotatable bonds is 7. The molecule has 1 saturated heterocycles. The molecule has 2 aromatic carbocycles. The summed E-state index contributed by atoms with van der Waals surface area (Å²) in [7, 11) is -3.47. The smallest absolute Gasteiger partial charge is 0.246 e. The van der Waals surface area contributed by atoms with Crippen molar-refractivity contribution >= 4 is 27.7 Å². The van der Waals surface area contributed by atoms with E-state index in [9.17, 15) is 13.2 Å². The molecule has 0 atom stereocenters. The Labute approximate surface area is 192 Å². The lowest BCUT2D eigenvalue weighted by atomic mass is 10.1. The number of hydrogen-bond donors (Lipinski definition) is 0. The lowest BCUT2D eigenvalue weighted by Crippen LogP contribution is -2.48. The number of carbonyl (C=O) groups is 1. The van der Waals surface area contributed by atoms with E-state index < -0.39 is 10.0 Å². The number of carbonyl (C=O) groups excluding carboxylic acids is 1. The lowest BCUT2D eigenvalue weighted by molar-refractivity contribution is -0.126. The third-order valence-electron chi connectivity index (χ3n) is 6.15. The molecule has 0 radical (unpaired) electrons. The number of nitrogens with zero attached hydrogens (tertiary/aromatic N) is 3. The topological polar surface area (TPSA) is 60.9 Å². The minimum absolute atomic E-state index is 0.0227. The lowest BCUT2D eigenvalue weighted by Gasteiger charge is -2.36. The molecule has 0 N–H and O–H groups in total. The van der Waals surface area contributed by atoms with E-state index in [1.54, 1.807) is 36.4 Å². The largest absolute Gasteiger partial charge is 0.368 e. The average molecular weight is 456 g/mol. The van der Waals surface area contributed by atoms with E-state index in [2.05, 4.69) is 36.9 Å². The monoisotopic (exact) mass is 455 g/mol. The highest BCUT2D eigenvalue weighted by Gasteiger charge is 2.22. The molecule has 6 nitrogen and oxygen atoms in total. The number of benzene rings is 2. The van der Waals surface area contributed by atoms with Crippen LogP contribution in [0.15, 0.2) is 53.4 Å². The van der Waals surface area contributed by atoms with Gasteiger partial charge >= 0.3 is 0 Å². The van der Waals surface area contributed by atoms with Gasteiger partial charge in [0.1, 0.15) is 0 Å². The van der Waals surface area contributed by atoms with Gasteiger partial charge in [0.15, 0.2) is 0 Å². The molecular formula is C25H33N3O3S. The van der Waals surface area contributed by atoms with Gasteiger partial charge in [-0.25, -0.2) is 8.42 Å². The second kappa shape index (κ2) is 10.3. The summed E-state index contributed by atoms with van der Waals surface area (Å²) in [4.78, 5) is 17.1. The molecule has 0 unspecified atom stereocenters. The van der Waals surface area contributed by atoms with E-state index in [1.165, 1.54) is 21.1 Å². The zero-order valence-electron chi connectivity index (χ0n) is 19.4. The van der Waals surface area contributed by atoms with Crippen LogP contribution in [-0.2, 0) is 14.8 Å². The van der Waals surface area contributed by atoms with Crippen molar-refractivity contribution in [3.8, 4) is 0 Å². The molecule has 1 aliphatic rings. The Kier molecular flexibility index (Phi) is 7.74. The molecule has 2 aromatic rings. The maximum atomic E-state index is 12.6. The van der Waals surface area contributed by atoms with Crippen LogP contribution in [0.2, 0.25) is 0 Å². The summed E-state index contributed by atoms with van der Waals surface area (Å²) in [5.74, 6) is -0.0227. The zero-order chi connectivity index (χ0) is 23.3. The first-order valence-corrected chi connectivity index (χ1v) is 12.6. The van der Waals surface area contributed by atoms with Gasteiger partial charge in [-0.2, -0.15) is 4.31 Å². The fraction of sp³-hybridized carbons (Fsp3) is 0.400. The Morgan fingerprint density at radius 2 is 1.59 bits per heavy atom. The minimum atomic E-state index is -3.47. The molecule has 0 aliphatic carbocycles. The maximum Gasteiger partial charge on any atom is 0.246 e. The first kappa shape index (κ1) is 24.0. The molecule has 7 heteroatoms. The van der Waals surface area contributed by atoms with Crippen molar-refractivity contribution < 1.29 is 13.2 Å². The van der Waals surface area contributed by atoms with Gasteiger partial charge < -0.3 is 9.80 Å². The summed E-state index contributed by atoms with van der Waals surface area (Å²) >= 11 is 0. The molecule has 1 aliphatic heterocycles. The third-order valence-corrected chi connectivity index (χ3v) is 8.21. The van der Waals surface area contributed by atoms with Gasteiger partial charge in [-0.05, 0) is 54.8 Å². The van der Waals surface area contributed by atoms with Crippen LogP contribution in [0.3, 0.4) is 0 Å². The summed E-state index contributed by atoms with van der Waals surface area (Å²) in [6.07, 6.45) is 3.31. The van der Waals surface area contributed by atoms with Gasteiger partial charge in [-0.1, -0.05) is 38.1 Å². The number of aryl methyl sites for hydroxylation is 1. The summed E-state index contributed by atoms with van der Waals surface area (Å²) < 4.78 is 26.6. The van der Waals surface area contributed by atoms with Crippen molar-refractivity contribution in [2.45, 2.75) is 32.6 Å². The van der Waals surface area contributed by atoms with Crippen LogP contribution in [0.4, 0.5) is 5.69 Å². The predicted molar refractivity (Wildman–Crippen MR) is 130 cm³/mol. The van der Waals surface area contributed by atoms with Crippen LogP contribution >= 0.6 is 0 Å². The SMILES string of the molecule is CCN(CC)S(=O)(=O)c1ccc(/C=C/C(=O)N2CCN(c3cccc(C)c3C)CC2)cc1. The highest BCUT2D eigenvalue weighted by atomic mass is 32.2. The Bertz CT molecular complexity index is 1070. The van der Waals surface area contributed by atoms with Gasteiger partial charge in [0.25, 0.3) is 0 Å². The zero-order valence-corrected chi connectivity index (χ0v) is 20.2. The Morgan fingerprint density at radius 1 is 0.969 bits per heavy atom. The second-order valence-corrected chi connectivity index (χ2v) is 9.96. The fourth-order valence-corrected chi connectivity index (χ4v) is 5.44. The van der Waals surface area contributed by atoms with Crippen LogP contribution in [0.1, 0.15) is 30.5 Å². The van der Waals surface area contributed by atoms with Gasteiger partial charge in [-0.15, -0.1) is 0 Å². The molecule has 0 saturated carbocycles. The van der Waals surface area contributed by atoms with E-state index in [0.717, 1.165) is 18.7 Å². The average Bonchev–Trinajstić information content (AvgIpc) is 2.80. The van der Waals surface area contributed by atoms with Crippen molar-refractivity contribution in [3.05, 3.63) is 65.2 Å². The van der Waals surface area contributed by atoms with Gasteiger partial charge in [0.2, 0.25) is 15.9 Å². The molecule has 1 fully saturated rings. The molecule has 1 heterocycles. The molecule has 172 valence electrons. The summed E-state index contributed by atoms with van der Waals surface area (Å²) in [6, 6.07) is 13.0. The Balaban J connectivity index is 1.60. The van der Waals surface area contributed by atoms with Gasteiger partial charge in [0, 0.05) is 51.0 Å². The third kappa shape index (κ3) is 5.22. The predicted octanol–water partition coefficient (Wildman–Crippen LogP) is 3.70. The number of anilines is 1. The molecule has 0 aromatic heterocycles. The number of hydrogen-bond acceptors (Lipinski definition) is 4. The van der Waals surface area contributed by atoms with Crippen LogP contribution in [-0.4, -0.2) is 62.8 Å². The normalized spacial score (nSPS) is 15.0. The fourth-order valence-electron chi connectivity index (χ4n) is 3.98. The standard InChI is InChI=1S/C25H33N3O3S/c1-5-28(6-2)32(30,31)23-13-10-22(11-14-23)12-15-25(29)27-18-16-26(17-19-27)24-9-7-8-20(3)21(24)4/h7-15H,5-6,16-19H2,1-4H3/b15-12+. The first-order chi connectivity index (χ1) is 15.3. The number of sulfonamides is 1. The molecule has 3 rings (SSSR count). The van der Waals surface area contributed by atoms with Gasteiger partial charge in [0.05, 0.1) is 4.90 Å². The Morgan fingerprint density at radius 3 is 2.19 bits per heavy atom. The van der Waals surface area contributed by atoms with Crippen molar-refractivity contribution in [3.63, 3.8) is 0 Å². The van der Waals surface area contributed by atoms with Crippen LogP contribution in [0, 0.1) is 13.8 Å². The quantitative estimate of drug-likeness (QED) is 0.598. The summed E-state index contributed by atoms with van der Waals surface area (Å²) in [5.41, 5.74) is 4.61. The van der Waals surface area contributed by atoms with Crippen molar-refractivity contribution in [1.82, 2.24) is 9.21 Å². The van der Waals surface area contributed by atoms with Crippen LogP contribution in [0.5, 0.6) is 0 Å². The molecule has 32 heavy (non-hydrogen) atoms. The van der Waals surface area contributed by atoms with E-state index in [0.29, 0.717) is 26.2 Å². The minimum Gasteiger partial charge on any atom is -0.368 e. The van der Waals surface area contributed by atoms with Crippen molar-refractivity contribution in [2.24, 2.45) is 0 Å². The maximum absolute atomic E-state index is 12.6. The van der Waals surface area contributed by atoms with E-state index in [-0.39, 0.29) is 10.8 Å². The van der Waals surface area contributed by atoms with E-state index in [1.807, 2.05) is 18.7 Å². The summed E-state index contributed by atoms with van der Waals surface area (Å²) in [6.45, 7) is 11.8. The second-order valence-electron chi connectivity index (χ2n) is 8.02. The number of piperazine rings is 1. The Hall–Kier alpha value is -2.64. The molecular weight excluding hydrogens is 422 g/mol. The highest BCUT2D eigenvalue weighted by Crippen LogP contribution is 2.24. The molecule has 1 amide bonds. The summed E-state index contributed by atoms with van der Waals surface area (Å²) in [5, 5.41) is 0. The van der Waals surface area contributed by atoms with Crippen molar-refractivity contribution in [1.29, 1.82) is 0 Å². The van der Waals surface area contributed by atoms with E-state index >= 15 is 0 Å². The van der Waals surface area contributed by atoms with E-state index in [4.69, 9.17) is 0 Å².